The summed E-state index contributed by atoms with van der Waals surface area (Å²) in [4.78, 5) is 10.9. The number of hydrogen-bond donors (Lipinski definition) is 3. The summed E-state index contributed by atoms with van der Waals surface area (Å²) in [5.74, 6) is 0. The van der Waals surface area contributed by atoms with Crippen molar-refractivity contribution < 1.29 is 17.7 Å². The molecule has 1 aromatic heterocycles. The van der Waals surface area contributed by atoms with Crippen LogP contribution in [0.4, 0.5) is 13.2 Å². The van der Waals surface area contributed by atoms with Gasteiger partial charge in [-0.2, -0.15) is 18.4 Å². The zero-order chi connectivity index (χ0) is 25.9. The van der Waals surface area contributed by atoms with E-state index in [-0.39, 0.29) is 24.0 Å². The fourth-order valence-corrected chi connectivity index (χ4v) is 6.66. The van der Waals surface area contributed by atoms with E-state index in [4.69, 9.17) is 4.52 Å². The molecule has 11 heteroatoms. The Bertz CT molecular complexity index is 1210. The summed E-state index contributed by atoms with van der Waals surface area (Å²) in [6.07, 6.45) is 1.09. The molecule has 2 saturated heterocycles. The maximum absolute atomic E-state index is 14.1. The normalized spacial score (nSPS) is 23.1. The van der Waals surface area contributed by atoms with Crippen LogP contribution in [0.5, 0.6) is 0 Å². The third-order valence-electron chi connectivity index (χ3n) is 6.55. The Morgan fingerprint density at radius 1 is 1.42 bits per heavy atom. The molecule has 1 unspecified atom stereocenters. The molecule has 3 N–H and O–H groups in total. The van der Waals surface area contributed by atoms with Gasteiger partial charge in [-0.1, -0.05) is 6.07 Å². The maximum atomic E-state index is 14.1. The van der Waals surface area contributed by atoms with Gasteiger partial charge in [0.25, 0.3) is 0 Å². The number of benzene rings is 1. The second-order valence-electron chi connectivity index (χ2n) is 9.58. The molecule has 0 aliphatic carbocycles. The van der Waals surface area contributed by atoms with Crippen molar-refractivity contribution in [2.24, 2.45) is 9.98 Å². The molecule has 2 fully saturated rings. The quantitative estimate of drug-likeness (QED) is 0.372. The first kappa shape index (κ1) is 26.5. The molecule has 7 nitrogen and oxygen atoms in total. The molecule has 2 aliphatic heterocycles. The lowest BCUT2D eigenvalue weighted by Crippen LogP contribution is -2.52. The van der Waals surface area contributed by atoms with Gasteiger partial charge in [0, 0.05) is 46.8 Å². The number of hydrogen-bond acceptors (Lipinski definition) is 6. The van der Waals surface area contributed by atoms with Crippen LogP contribution in [0.1, 0.15) is 44.2 Å². The van der Waals surface area contributed by atoms with Crippen LogP contribution in [0, 0.1) is 11.3 Å². The number of rotatable bonds is 7. The van der Waals surface area contributed by atoms with Crippen molar-refractivity contribution >= 4 is 36.8 Å². The summed E-state index contributed by atoms with van der Waals surface area (Å²) in [5, 5.41) is 17.7. The van der Waals surface area contributed by atoms with Gasteiger partial charge in [-0.05, 0) is 52.1 Å². The maximum Gasteiger partial charge on any atom is 0.419 e. The van der Waals surface area contributed by atoms with Crippen molar-refractivity contribution in [2.75, 3.05) is 26.0 Å². The van der Waals surface area contributed by atoms with Gasteiger partial charge in [-0.3, -0.25) is 15.3 Å². The lowest BCUT2D eigenvalue weighted by Gasteiger charge is -2.36. The zero-order valence-corrected chi connectivity index (χ0v) is 21.3. The molecular formula is C25H30F3N6OP. The minimum atomic E-state index is -4.69. The van der Waals surface area contributed by atoms with E-state index in [0.717, 1.165) is 30.7 Å². The number of H-pyrrole nitrogens is 1. The van der Waals surface area contributed by atoms with Crippen molar-refractivity contribution in [1.29, 1.82) is 5.26 Å². The Morgan fingerprint density at radius 3 is 2.83 bits per heavy atom. The summed E-state index contributed by atoms with van der Waals surface area (Å²) in [7, 11) is -1.02. The number of aliphatic imine (C=N–C) groups is 2. The highest BCUT2D eigenvalue weighted by Gasteiger charge is 2.39. The van der Waals surface area contributed by atoms with Gasteiger partial charge in [-0.25, -0.2) is 0 Å². The molecule has 2 atom stereocenters. The van der Waals surface area contributed by atoms with Crippen LogP contribution in [0.15, 0.2) is 40.1 Å². The van der Waals surface area contributed by atoms with Crippen LogP contribution < -0.4 is 15.9 Å². The van der Waals surface area contributed by atoms with Crippen LogP contribution in [0.25, 0.3) is 10.9 Å². The first-order valence-electron chi connectivity index (χ1n) is 11.9. The van der Waals surface area contributed by atoms with E-state index in [9.17, 15) is 18.4 Å². The Hall–Kier alpha value is -2.57. The molecular weight excluding hydrogens is 488 g/mol. The van der Waals surface area contributed by atoms with E-state index in [1.54, 1.807) is 12.1 Å². The van der Waals surface area contributed by atoms with Crippen LogP contribution in [0.3, 0.4) is 0 Å². The van der Waals surface area contributed by atoms with Gasteiger partial charge in [0.15, 0.2) is 0 Å². The summed E-state index contributed by atoms with van der Waals surface area (Å²) < 4.78 is 48.2. The molecule has 1 aromatic carbocycles. The lowest BCUT2D eigenvalue weighted by molar-refractivity contribution is -0.0861. The minimum Gasteiger partial charge on any atom is -0.360 e. The molecule has 2 aromatic rings. The first-order valence-corrected chi connectivity index (χ1v) is 13.3. The Kier molecular flexibility index (Phi) is 7.96. The van der Waals surface area contributed by atoms with Crippen molar-refractivity contribution in [2.45, 2.75) is 50.9 Å². The number of nitrogens with one attached hydrogen (secondary N) is 3. The van der Waals surface area contributed by atoms with E-state index in [1.165, 1.54) is 6.20 Å². The number of piperidine rings is 1. The topological polar surface area (TPSA) is 97.6 Å². The second-order valence-corrected chi connectivity index (χ2v) is 11.5. The van der Waals surface area contributed by atoms with Crippen molar-refractivity contribution in [1.82, 2.24) is 15.6 Å². The monoisotopic (exact) mass is 518 g/mol. The third-order valence-corrected chi connectivity index (χ3v) is 8.73. The molecule has 0 spiro atoms. The summed E-state index contributed by atoms with van der Waals surface area (Å²) in [6, 6.07) is 5.62. The number of aromatic nitrogens is 1. The number of allylic oxidation sites excluding steroid dienone is 1. The van der Waals surface area contributed by atoms with Gasteiger partial charge in [0.05, 0.1) is 49.9 Å². The number of aromatic amines is 1. The van der Waals surface area contributed by atoms with Gasteiger partial charge < -0.3 is 14.8 Å². The second kappa shape index (κ2) is 10.8. The SMILES string of the molecule is C=N/C=C(\C(=N/CN[C@H]1CCC(C)(C)NC1)c1c[nH]c2c(P3CCCO3)c(C#N)ccc12)C(F)(F)F. The van der Waals surface area contributed by atoms with Gasteiger partial charge >= 0.3 is 6.18 Å². The van der Waals surface area contributed by atoms with E-state index >= 15 is 0 Å². The number of nitriles is 1. The molecule has 2 aliphatic rings. The highest BCUT2D eigenvalue weighted by molar-refractivity contribution is 7.61. The number of alkyl halides is 3. The standard InChI is InChI=1S/C25H30F3N6OP/c1-24(2)8-7-17(12-34-24)32-15-33-21(20(14-30-3)25(26,27)28)19-13-31-22-18(19)6-5-16(11-29)23(22)36-10-4-9-35-36/h5-6,13-14,17,31-32,34H,3-4,7-10,12,15H2,1-2H3/b20-14+,33-21-/t17-,36?/m0/s1. The fourth-order valence-electron chi connectivity index (χ4n) is 4.58. The molecule has 0 saturated carbocycles. The van der Waals surface area contributed by atoms with Crippen molar-refractivity contribution in [3.8, 4) is 6.07 Å². The Balaban J connectivity index is 1.74. The molecule has 36 heavy (non-hydrogen) atoms. The van der Waals surface area contributed by atoms with Gasteiger partial charge in [0.1, 0.15) is 0 Å². The minimum absolute atomic E-state index is 0.0122. The zero-order valence-electron chi connectivity index (χ0n) is 20.4. The molecule has 0 amide bonds. The predicted octanol–water partition coefficient (Wildman–Crippen LogP) is 4.50. The first-order chi connectivity index (χ1) is 17.1. The van der Waals surface area contributed by atoms with Gasteiger partial charge in [0.2, 0.25) is 0 Å². The van der Waals surface area contributed by atoms with E-state index in [1.807, 2.05) is 0 Å². The smallest absolute Gasteiger partial charge is 0.360 e. The summed E-state index contributed by atoms with van der Waals surface area (Å²) in [6.45, 7) is 8.82. The summed E-state index contributed by atoms with van der Waals surface area (Å²) >= 11 is 0. The van der Waals surface area contributed by atoms with E-state index in [0.29, 0.717) is 41.4 Å². The summed E-state index contributed by atoms with van der Waals surface area (Å²) in [5.41, 5.74) is 0.219. The fraction of sp³-hybridized carbons (Fsp3) is 0.480. The largest absolute Gasteiger partial charge is 0.419 e. The molecule has 192 valence electrons. The Labute approximate surface area is 209 Å². The van der Waals surface area contributed by atoms with E-state index < -0.39 is 19.9 Å². The molecule has 0 bridgehead atoms. The number of halogens is 3. The van der Waals surface area contributed by atoms with Crippen molar-refractivity contribution in [3.63, 3.8) is 0 Å². The average molecular weight is 519 g/mol. The third kappa shape index (κ3) is 5.70. The highest BCUT2D eigenvalue weighted by Crippen LogP contribution is 2.45. The lowest BCUT2D eigenvalue weighted by atomic mass is 9.91. The van der Waals surface area contributed by atoms with Crippen molar-refractivity contribution in [3.05, 3.63) is 41.2 Å². The van der Waals surface area contributed by atoms with Crippen LogP contribution in [-0.2, 0) is 4.52 Å². The molecule has 0 radical (unpaired) electrons. The molecule has 3 heterocycles. The number of fused-ring (bicyclic) bond motifs is 1. The van der Waals surface area contributed by atoms with Crippen LogP contribution in [0.2, 0.25) is 0 Å². The molecule has 4 rings (SSSR count). The Morgan fingerprint density at radius 2 is 2.22 bits per heavy atom. The van der Waals surface area contributed by atoms with Crippen LogP contribution >= 0.6 is 8.15 Å². The van der Waals surface area contributed by atoms with Crippen LogP contribution in [-0.4, -0.2) is 61.2 Å². The van der Waals surface area contributed by atoms with E-state index in [2.05, 4.69) is 52.2 Å². The predicted molar refractivity (Wildman–Crippen MR) is 138 cm³/mol. The average Bonchev–Trinajstić information content (AvgIpc) is 3.51. The van der Waals surface area contributed by atoms with Gasteiger partial charge in [-0.15, -0.1) is 0 Å². The number of nitrogens with zero attached hydrogens (tertiary/aromatic N) is 3. The highest BCUT2D eigenvalue weighted by atomic mass is 31.1.